The summed E-state index contributed by atoms with van der Waals surface area (Å²) in [5.74, 6) is 0. The molecule has 1 aliphatic carbocycles. The Kier molecular flexibility index (Phi) is 2.34. The van der Waals surface area contributed by atoms with Gasteiger partial charge >= 0.3 is 0 Å². The first-order valence-electron chi connectivity index (χ1n) is 4.57. The number of rotatable bonds is 1. The summed E-state index contributed by atoms with van der Waals surface area (Å²) in [6, 6.07) is 0. The molecule has 0 spiro atoms. The molecule has 0 aromatic rings. The number of hydrogen-bond donors (Lipinski definition) is 2. The molecule has 0 aromatic heterocycles. The summed E-state index contributed by atoms with van der Waals surface area (Å²) in [5, 5.41) is 10.4. The second-order valence-electron chi connectivity index (χ2n) is 3.57. The molecule has 1 fully saturated rings. The second-order valence-corrected chi connectivity index (χ2v) is 4.19. The van der Waals surface area contributed by atoms with Crippen molar-refractivity contribution in [2.24, 2.45) is 4.99 Å². The zero-order chi connectivity index (χ0) is 9.31. The summed E-state index contributed by atoms with van der Waals surface area (Å²) in [4.78, 5) is 5.98. The summed E-state index contributed by atoms with van der Waals surface area (Å²) < 4.78 is 0. The monoisotopic (exact) mass is 198 g/mol. The van der Waals surface area contributed by atoms with Crippen molar-refractivity contribution in [1.82, 2.24) is 4.90 Å². The smallest absolute Gasteiger partial charge is 0.150 e. The topological polar surface area (TPSA) is 35.8 Å². The van der Waals surface area contributed by atoms with Crippen LogP contribution in [0.5, 0.6) is 0 Å². The van der Waals surface area contributed by atoms with Crippen molar-refractivity contribution in [2.75, 3.05) is 6.67 Å². The van der Waals surface area contributed by atoms with Crippen LogP contribution in [0.1, 0.15) is 19.3 Å². The van der Waals surface area contributed by atoms with Gasteiger partial charge in [0.15, 0.2) is 5.72 Å². The predicted molar refractivity (Wildman–Crippen MR) is 55.9 cm³/mol. The molecule has 4 heteroatoms. The highest BCUT2D eigenvalue weighted by molar-refractivity contribution is 7.81. The fourth-order valence-electron chi connectivity index (χ4n) is 1.93. The van der Waals surface area contributed by atoms with E-state index < -0.39 is 5.72 Å². The first-order valence-corrected chi connectivity index (χ1v) is 5.09. The average Bonchev–Trinajstić information content (AvgIpc) is 2.50. The summed E-state index contributed by atoms with van der Waals surface area (Å²) in [5.41, 5.74) is -0.780. The van der Waals surface area contributed by atoms with Crippen LogP contribution in [0.2, 0.25) is 0 Å². The Morgan fingerprint density at radius 1 is 1.62 bits per heavy atom. The summed E-state index contributed by atoms with van der Waals surface area (Å²) in [6.07, 6.45) is 8.30. The molecule has 2 unspecified atom stereocenters. The zero-order valence-electron chi connectivity index (χ0n) is 7.43. The highest BCUT2D eigenvalue weighted by atomic mass is 32.1. The molecule has 13 heavy (non-hydrogen) atoms. The quantitative estimate of drug-likeness (QED) is 0.617. The van der Waals surface area contributed by atoms with Crippen LogP contribution >= 0.6 is 12.6 Å². The molecule has 2 rings (SSSR count). The van der Waals surface area contributed by atoms with Crippen LogP contribution in [0.4, 0.5) is 0 Å². The van der Waals surface area contributed by atoms with Crippen molar-refractivity contribution in [1.29, 1.82) is 0 Å². The Balaban J connectivity index is 2.14. The molecule has 0 aromatic carbocycles. The minimum Gasteiger partial charge on any atom is -0.370 e. The van der Waals surface area contributed by atoms with Gasteiger partial charge in [0.1, 0.15) is 6.67 Å². The third-order valence-electron chi connectivity index (χ3n) is 2.74. The van der Waals surface area contributed by atoms with Crippen molar-refractivity contribution >= 4 is 18.8 Å². The van der Waals surface area contributed by atoms with Crippen LogP contribution in [0.3, 0.4) is 0 Å². The Morgan fingerprint density at radius 3 is 3.00 bits per heavy atom. The van der Waals surface area contributed by atoms with Gasteiger partial charge in [-0.2, -0.15) is 12.6 Å². The van der Waals surface area contributed by atoms with E-state index in [-0.39, 0.29) is 5.25 Å². The van der Waals surface area contributed by atoms with E-state index >= 15 is 0 Å². The standard InChI is InChI=1S/C9H14N2OS/c12-9(4-1-3-8(9)13)11-6-2-5-10-7-11/h2,5-6,8,12-13H,1,3-4,7H2. The Labute approximate surface area is 83.6 Å². The van der Waals surface area contributed by atoms with Gasteiger partial charge in [0.05, 0.1) is 0 Å². The van der Waals surface area contributed by atoms with Crippen molar-refractivity contribution in [3.8, 4) is 0 Å². The van der Waals surface area contributed by atoms with Gasteiger partial charge in [-0.05, 0) is 25.3 Å². The van der Waals surface area contributed by atoms with Crippen LogP contribution in [-0.4, -0.2) is 33.9 Å². The molecule has 0 amide bonds. The van der Waals surface area contributed by atoms with E-state index in [1.54, 1.807) is 6.21 Å². The summed E-state index contributed by atoms with van der Waals surface area (Å²) in [7, 11) is 0. The van der Waals surface area contributed by atoms with Gasteiger partial charge in [0.25, 0.3) is 0 Å². The predicted octanol–water partition coefficient (Wildman–Crippen LogP) is 1.01. The Bertz CT molecular complexity index is 254. The molecule has 1 N–H and O–H groups in total. The van der Waals surface area contributed by atoms with Gasteiger partial charge in [-0.1, -0.05) is 0 Å². The third-order valence-corrected chi connectivity index (χ3v) is 3.42. The highest BCUT2D eigenvalue weighted by Crippen LogP contribution is 2.37. The SMILES string of the molecule is OC1(N2C=CC=NC2)CCCC1S. The van der Waals surface area contributed by atoms with E-state index in [1.165, 1.54) is 0 Å². The minimum atomic E-state index is -0.780. The molecule has 3 nitrogen and oxygen atoms in total. The van der Waals surface area contributed by atoms with Crippen LogP contribution < -0.4 is 0 Å². The summed E-state index contributed by atoms with van der Waals surface area (Å²) in [6.45, 7) is 0.546. The maximum absolute atomic E-state index is 10.3. The fourth-order valence-corrected chi connectivity index (χ4v) is 2.39. The van der Waals surface area contributed by atoms with E-state index in [0.717, 1.165) is 19.3 Å². The molecule has 2 atom stereocenters. The average molecular weight is 198 g/mol. The first kappa shape index (κ1) is 9.09. The number of hydrogen-bond acceptors (Lipinski definition) is 4. The van der Waals surface area contributed by atoms with Gasteiger partial charge in [0.2, 0.25) is 0 Å². The Morgan fingerprint density at radius 2 is 2.46 bits per heavy atom. The summed E-state index contributed by atoms with van der Waals surface area (Å²) >= 11 is 4.41. The van der Waals surface area contributed by atoms with E-state index in [0.29, 0.717) is 6.67 Å². The molecule has 0 radical (unpaired) electrons. The number of aliphatic hydroxyl groups is 1. The third kappa shape index (κ3) is 1.48. The molecule has 72 valence electrons. The van der Waals surface area contributed by atoms with Gasteiger partial charge in [-0.15, -0.1) is 0 Å². The molecule has 0 bridgehead atoms. The second kappa shape index (κ2) is 3.35. The largest absolute Gasteiger partial charge is 0.370 e. The molecular formula is C9H14N2OS. The van der Waals surface area contributed by atoms with E-state index in [4.69, 9.17) is 0 Å². The lowest BCUT2D eigenvalue weighted by Gasteiger charge is -2.38. The molecule has 1 saturated carbocycles. The number of thiol groups is 1. The van der Waals surface area contributed by atoms with Crippen LogP contribution in [0.15, 0.2) is 17.3 Å². The molecule has 2 aliphatic rings. The number of allylic oxidation sites excluding steroid dienone is 1. The van der Waals surface area contributed by atoms with E-state index in [2.05, 4.69) is 17.6 Å². The first-order chi connectivity index (χ1) is 6.23. The van der Waals surface area contributed by atoms with Crippen LogP contribution in [0.25, 0.3) is 0 Å². The fraction of sp³-hybridized carbons (Fsp3) is 0.667. The van der Waals surface area contributed by atoms with Crippen molar-refractivity contribution in [3.63, 3.8) is 0 Å². The van der Waals surface area contributed by atoms with E-state index in [1.807, 2.05) is 17.2 Å². The van der Waals surface area contributed by atoms with Gasteiger partial charge < -0.3 is 10.0 Å². The lowest BCUT2D eigenvalue weighted by atomic mass is 10.1. The molecule has 1 heterocycles. The lowest BCUT2D eigenvalue weighted by Crippen LogP contribution is -2.50. The van der Waals surface area contributed by atoms with Crippen LogP contribution in [0, 0.1) is 0 Å². The minimum absolute atomic E-state index is 0.0467. The molecule has 0 saturated heterocycles. The van der Waals surface area contributed by atoms with Gasteiger partial charge in [0, 0.05) is 17.7 Å². The van der Waals surface area contributed by atoms with Crippen molar-refractivity contribution < 1.29 is 5.11 Å². The molecule has 1 aliphatic heterocycles. The van der Waals surface area contributed by atoms with Gasteiger partial charge in [-0.25, -0.2) is 0 Å². The van der Waals surface area contributed by atoms with Crippen molar-refractivity contribution in [2.45, 2.75) is 30.2 Å². The maximum atomic E-state index is 10.3. The molecular weight excluding hydrogens is 184 g/mol. The Hall–Kier alpha value is -0.480. The number of nitrogens with zero attached hydrogens (tertiary/aromatic N) is 2. The number of aliphatic imine (C=N–C) groups is 1. The normalized spacial score (nSPS) is 38.6. The van der Waals surface area contributed by atoms with Crippen LogP contribution in [-0.2, 0) is 0 Å². The van der Waals surface area contributed by atoms with E-state index in [9.17, 15) is 5.11 Å². The highest BCUT2D eigenvalue weighted by Gasteiger charge is 2.43. The van der Waals surface area contributed by atoms with Gasteiger partial charge in [-0.3, -0.25) is 4.99 Å². The van der Waals surface area contributed by atoms with Crippen molar-refractivity contribution in [3.05, 3.63) is 12.3 Å². The lowest BCUT2D eigenvalue weighted by molar-refractivity contribution is -0.0704. The zero-order valence-corrected chi connectivity index (χ0v) is 8.32. The maximum Gasteiger partial charge on any atom is 0.150 e.